The molecule has 1 amide bonds. The summed E-state index contributed by atoms with van der Waals surface area (Å²) in [6.45, 7) is 2.11. The number of fused-ring (bicyclic) bond motifs is 2. The second kappa shape index (κ2) is 6.94. The first kappa shape index (κ1) is 17.2. The number of nitrogens with one attached hydrogen (secondary N) is 1. The molecule has 7 heteroatoms. The lowest BCUT2D eigenvalue weighted by Crippen LogP contribution is -2.19. The number of aromatic nitrogens is 3. The highest BCUT2D eigenvalue weighted by molar-refractivity contribution is 5.95. The first-order valence-electron chi connectivity index (χ1n) is 9.28. The Hall–Kier alpha value is -3.87. The summed E-state index contributed by atoms with van der Waals surface area (Å²) in [5.74, 6) is 1.63. The van der Waals surface area contributed by atoms with Crippen LogP contribution in [0.1, 0.15) is 18.4 Å². The predicted molar refractivity (Wildman–Crippen MR) is 108 cm³/mol. The summed E-state index contributed by atoms with van der Waals surface area (Å²) >= 11 is 0. The molecule has 3 heterocycles. The molecule has 2 aromatic carbocycles. The number of hydrogen-bond acceptors (Lipinski definition) is 5. The number of benzene rings is 2. The quantitative estimate of drug-likeness (QED) is 0.576. The maximum atomic E-state index is 12.7. The minimum atomic E-state index is -0.281. The van der Waals surface area contributed by atoms with E-state index in [-0.39, 0.29) is 18.6 Å². The zero-order valence-electron chi connectivity index (χ0n) is 15.7. The number of carbonyl (C=O) groups is 1. The van der Waals surface area contributed by atoms with Crippen molar-refractivity contribution in [3.63, 3.8) is 0 Å². The van der Waals surface area contributed by atoms with Gasteiger partial charge in [0.25, 0.3) is 0 Å². The second-order valence-corrected chi connectivity index (χ2v) is 6.83. The average Bonchev–Trinajstić information content (AvgIpc) is 3.40. The summed E-state index contributed by atoms with van der Waals surface area (Å²) in [5.41, 5.74) is 3.24. The van der Waals surface area contributed by atoms with Crippen LogP contribution in [0.15, 0.2) is 67.1 Å². The molecule has 1 atom stereocenters. The Morgan fingerprint density at radius 1 is 1.07 bits per heavy atom. The number of carbonyl (C=O) groups excluding carboxylic acids is 1. The number of imidazole rings is 1. The molecule has 4 aromatic rings. The molecule has 0 radical (unpaired) electrons. The molecule has 0 fully saturated rings. The van der Waals surface area contributed by atoms with Gasteiger partial charge in [0.1, 0.15) is 5.82 Å². The maximum absolute atomic E-state index is 12.7. The highest BCUT2D eigenvalue weighted by Crippen LogP contribution is 2.35. The van der Waals surface area contributed by atoms with Crippen molar-refractivity contribution in [1.29, 1.82) is 0 Å². The molecule has 1 unspecified atom stereocenters. The first-order valence-corrected chi connectivity index (χ1v) is 9.28. The van der Waals surface area contributed by atoms with E-state index in [2.05, 4.69) is 15.3 Å². The van der Waals surface area contributed by atoms with Gasteiger partial charge in [-0.05, 0) is 30.7 Å². The van der Waals surface area contributed by atoms with E-state index in [1.165, 1.54) is 0 Å². The summed E-state index contributed by atoms with van der Waals surface area (Å²) in [5, 5.41) is 2.97. The molecule has 0 saturated heterocycles. The highest BCUT2D eigenvalue weighted by atomic mass is 16.7. The Morgan fingerprint density at radius 3 is 2.76 bits per heavy atom. The van der Waals surface area contributed by atoms with Gasteiger partial charge in [-0.1, -0.05) is 30.3 Å². The van der Waals surface area contributed by atoms with E-state index in [9.17, 15) is 4.79 Å². The van der Waals surface area contributed by atoms with E-state index in [1.807, 2.05) is 66.1 Å². The van der Waals surface area contributed by atoms with Crippen LogP contribution in [-0.4, -0.2) is 27.1 Å². The van der Waals surface area contributed by atoms with Gasteiger partial charge in [0.2, 0.25) is 12.7 Å². The number of anilines is 1. The van der Waals surface area contributed by atoms with Gasteiger partial charge in [-0.25, -0.2) is 4.98 Å². The third-order valence-corrected chi connectivity index (χ3v) is 5.01. The lowest BCUT2D eigenvalue weighted by molar-refractivity contribution is -0.117. The highest BCUT2D eigenvalue weighted by Gasteiger charge is 2.18. The predicted octanol–water partition coefficient (Wildman–Crippen LogP) is 3.87. The smallest absolute Gasteiger partial charge is 0.232 e. The standard InChI is InChI=1S/C22H18N4O3/c1-14(15-5-3-2-4-6-15)22(27)25-21-11-24-20-10-23-17(12-26(20)21)16-7-8-18-19(9-16)29-13-28-18/h2-12,14H,13H2,1H3,(H,25,27). The molecule has 2 aromatic heterocycles. The van der Waals surface area contributed by atoms with E-state index >= 15 is 0 Å². The lowest BCUT2D eigenvalue weighted by Gasteiger charge is -2.12. The van der Waals surface area contributed by atoms with Crippen molar-refractivity contribution in [2.24, 2.45) is 0 Å². The molecule has 1 aliphatic rings. The lowest BCUT2D eigenvalue weighted by atomic mass is 10.0. The van der Waals surface area contributed by atoms with Gasteiger partial charge in [-0.2, -0.15) is 0 Å². The average molecular weight is 386 g/mol. The fourth-order valence-corrected chi connectivity index (χ4v) is 3.31. The normalized spacial score (nSPS) is 13.4. The van der Waals surface area contributed by atoms with Crippen LogP contribution in [0.5, 0.6) is 11.5 Å². The fraction of sp³-hybridized carbons (Fsp3) is 0.136. The number of rotatable bonds is 4. The van der Waals surface area contributed by atoms with Crippen LogP contribution in [0.3, 0.4) is 0 Å². The number of amides is 1. The van der Waals surface area contributed by atoms with E-state index in [0.717, 1.165) is 22.6 Å². The first-order chi connectivity index (χ1) is 14.2. The van der Waals surface area contributed by atoms with Crippen LogP contribution in [0.25, 0.3) is 16.9 Å². The molecule has 144 valence electrons. The Balaban J connectivity index is 1.45. The zero-order chi connectivity index (χ0) is 19.8. The van der Waals surface area contributed by atoms with Crippen molar-refractivity contribution in [2.45, 2.75) is 12.8 Å². The van der Waals surface area contributed by atoms with Crippen molar-refractivity contribution in [3.05, 3.63) is 72.7 Å². The van der Waals surface area contributed by atoms with E-state index in [1.54, 1.807) is 12.4 Å². The Labute approximate surface area is 166 Å². The van der Waals surface area contributed by atoms with Gasteiger partial charge in [0, 0.05) is 11.8 Å². The van der Waals surface area contributed by atoms with Crippen LogP contribution in [-0.2, 0) is 4.79 Å². The second-order valence-electron chi connectivity index (χ2n) is 6.83. The van der Waals surface area contributed by atoms with Gasteiger partial charge in [-0.15, -0.1) is 0 Å². The summed E-state index contributed by atoms with van der Waals surface area (Å²) < 4.78 is 12.6. The van der Waals surface area contributed by atoms with E-state index < -0.39 is 0 Å². The molecule has 7 nitrogen and oxygen atoms in total. The van der Waals surface area contributed by atoms with Gasteiger partial charge < -0.3 is 14.8 Å². The SMILES string of the molecule is CC(C(=O)Nc1cnc2cnc(-c3ccc4c(c3)OCO4)cn12)c1ccccc1. The molecule has 0 saturated carbocycles. The monoisotopic (exact) mass is 386 g/mol. The maximum Gasteiger partial charge on any atom is 0.232 e. The molecule has 0 spiro atoms. The molecule has 29 heavy (non-hydrogen) atoms. The molecule has 1 N–H and O–H groups in total. The summed E-state index contributed by atoms with van der Waals surface area (Å²) in [4.78, 5) is 21.6. The number of ether oxygens (including phenoxy) is 2. The van der Waals surface area contributed by atoms with Crippen molar-refractivity contribution in [2.75, 3.05) is 12.1 Å². The third-order valence-electron chi connectivity index (χ3n) is 5.01. The number of nitrogens with zero attached hydrogens (tertiary/aromatic N) is 3. The minimum absolute atomic E-state index is 0.0977. The van der Waals surface area contributed by atoms with Crippen molar-refractivity contribution in [1.82, 2.24) is 14.4 Å². The Bertz CT molecular complexity index is 1200. The topological polar surface area (TPSA) is 77.8 Å². The largest absolute Gasteiger partial charge is 0.454 e. The van der Waals surface area contributed by atoms with Gasteiger partial charge >= 0.3 is 0 Å². The molecule has 0 bridgehead atoms. The van der Waals surface area contributed by atoms with Crippen molar-refractivity contribution >= 4 is 17.4 Å². The zero-order valence-corrected chi connectivity index (χ0v) is 15.7. The van der Waals surface area contributed by atoms with Crippen LogP contribution < -0.4 is 14.8 Å². The molecule has 1 aliphatic heterocycles. The van der Waals surface area contributed by atoms with Gasteiger partial charge in [0.15, 0.2) is 17.1 Å². The van der Waals surface area contributed by atoms with Gasteiger partial charge in [0.05, 0.1) is 24.0 Å². The molecule has 5 rings (SSSR count). The molecular weight excluding hydrogens is 368 g/mol. The van der Waals surface area contributed by atoms with Crippen LogP contribution >= 0.6 is 0 Å². The summed E-state index contributed by atoms with van der Waals surface area (Å²) in [6.07, 6.45) is 5.16. The summed E-state index contributed by atoms with van der Waals surface area (Å²) in [6, 6.07) is 15.4. The van der Waals surface area contributed by atoms with Crippen molar-refractivity contribution < 1.29 is 14.3 Å². The summed E-state index contributed by atoms with van der Waals surface area (Å²) in [7, 11) is 0. The molecule has 0 aliphatic carbocycles. The fourth-order valence-electron chi connectivity index (χ4n) is 3.31. The van der Waals surface area contributed by atoms with E-state index in [0.29, 0.717) is 17.2 Å². The Kier molecular flexibility index (Phi) is 4.13. The van der Waals surface area contributed by atoms with Crippen LogP contribution in [0, 0.1) is 0 Å². The van der Waals surface area contributed by atoms with Crippen LogP contribution in [0.2, 0.25) is 0 Å². The number of hydrogen-bond donors (Lipinski definition) is 1. The van der Waals surface area contributed by atoms with Gasteiger partial charge in [-0.3, -0.25) is 14.2 Å². The third kappa shape index (κ3) is 3.16. The molecular formula is C22H18N4O3. The minimum Gasteiger partial charge on any atom is -0.454 e. The van der Waals surface area contributed by atoms with E-state index in [4.69, 9.17) is 9.47 Å². The Morgan fingerprint density at radius 2 is 1.90 bits per heavy atom. The van der Waals surface area contributed by atoms with Crippen molar-refractivity contribution in [3.8, 4) is 22.8 Å². The van der Waals surface area contributed by atoms with Crippen LogP contribution in [0.4, 0.5) is 5.82 Å².